The van der Waals surface area contributed by atoms with Crippen LogP contribution in [0.3, 0.4) is 0 Å². The number of thioether (sulfide) groups is 1. The number of nitrogens with zero attached hydrogens (tertiary/aromatic N) is 3. The van der Waals surface area contributed by atoms with Gasteiger partial charge in [-0.2, -0.15) is 0 Å². The second-order valence-electron chi connectivity index (χ2n) is 6.56. The van der Waals surface area contributed by atoms with Crippen LogP contribution in [0, 0.1) is 6.92 Å². The van der Waals surface area contributed by atoms with Crippen LogP contribution in [-0.2, 0) is 9.59 Å². The summed E-state index contributed by atoms with van der Waals surface area (Å²) in [7, 11) is 0. The number of hydrogen-bond donors (Lipinski definition) is 2. The quantitative estimate of drug-likeness (QED) is 0.472. The van der Waals surface area contributed by atoms with Crippen LogP contribution in [0.4, 0.5) is 11.5 Å². The Balaban J connectivity index is 1.27. The van der Waals surface area contributed by atoms with Gasteiger partial charge in [-0.15, -0.1) is 11.8 Å². The van der Waals surface area contributed by atoms with Crippen molar-refractivity contribution in [2.45, 2.75) is 6.92 Å². The molecule has 0 saturated carbocycles. The highest BCUT2D eigenvalue weighted by Crippen LogP contribution is 2.19. The third-order valence-electron chi connectivity index (χ3n) is 4.24. The van der Waals surface area contributed by atoms with Crippen molar-refractivity contribution in [3.05, 3.63) is 66.7 Å². The van der Waals surface area contributed by atoms with Crippen LogP contribution in [0.15, 0.2) is 65.4 Å². The molecule has 4 aromatic rings. The number of fused-ring (bicyclic) bond motifs is 1. The second-order valence-corrected chi connectivity index (χ2v) is 7.55. The molecule has 0 radical (unpaired) electrons. The number of hydrogen-bond acceptors (Lipinski definition) is 6. The fourth-order valence-corrected chi connectivity index (χ4v) is 3.53. The van der Waals surface area contributed by atoms with Crippen LogP contribution in [0.2, 0.25) is 0 Å². The average Bonchev–Trinajstić information content (AvgIpc) is 3.34. The molecule has 2 heterocycles. The van der Waals surface area contributed by atoms with E-state index >= 15 is 0 Å². The number of para-hydroxylation sites is 2. The largest absolute Gasteiger partial charge is 0.360 e. The van der Waals surface area contributed by atoms with Gasteiger partial charge in [-0.05, 0) is 43.3 Å². The third-order valence-corrected chi connectivity index (χ3v) is 5.18. The maximum absolute atomic E-state index is 12.1. The van der Waals surface area contributed by atoms with Crippen molar-refractivity contribution in [1.29, 1.82) is 0 Å². The zero-order valence-corrected chi connectivity index (χ0v) is 17.0. The van der Waals surface area contributed by atoms with Gasteiger partial charge in [0.2, 0.25) is 11.8 Å². The zero-order chi connectivity index (χ0) is 20.9. The van der Waals surface area contributed by atoms with Crippen molar-refractivity contribution in [2.75, 3.05) is 22.1 Å². The monoisotopic (exact) mass is 421 g/mol. The van der Waals surface area contributed by atoms with E-state index in [4.69, 9.17) is 4.52 Å². The van der Waals surface area contributed by atoms with Crippen LogP contribution in [0.25, 0.3) is 16.7 Å². The summed E-state index contributed by atoms with van der Waals surface area (Å²) >= 11 is 1.22. The summed E-state index contributed by atoms with van der Waals surface area (Å²) in [6, 6.07) is 17.0. The standard InChI is InChI=1S/C21H19N5O3S/c1-14-10-19(25-29-14)24-21(28)12-30-11-20(27)23-15-6-8-16(9-7-15)26-13-22-17-4-2-3-5-18(17)26/h2-10,13H,11-12H2,1H3,(H,23,27)(H,24,25,28). The molecule has 0 aliphatic heterocycles. The molecule has 2 amide bonds. The lowest BCUT2D eigenvalue weighted by Crippen LogP contribution is -2.18. The topological polar surface area (TPSA) is 102 Å². The first kappa shape index (κ1) is 19.7. The molecule has 0 atom stereocenters. The van der Waals surface area contributed by atoms with Gasteiger partial charge in [0.15, 0.2) is 5.82 Å². The molecule has 0 aliphatic carbocycles. The van der Waals surface area contributed by atoms with Crippen molar-refractivity contribution in [3.8, 4) is 5.69 Å². The van der Waals surface area contributed by atoms with E-state index in [9.17, 15) is 9.59 Å². The van der Waals surface area contributed by atoms with Crippen LogP contribution in [0.1, 0.15) is 5.76 Å². The summed E-state index contributed by atoms with van der Waals surface area (Å²) in [6.07, 6.45) is 1.78. The molecule has 0 spiro atoms. The summed E-state index contributed by atoms with van der Waals surface area (Å²) in [4.78, 5) is 28.4. The number of imidazole rings is 1. The fraction of sp³-hybridized carbons (Fsp3) is 0.143. The van der Waals surface area contributed by atoms with E-state index in [1.54, 1.807) is 19.3 Å². The van der Waals surface area contributed by atoms with Crippen molar-refractivity contribution >= 4 is 46.1 Å². The lowest BCUT2D eigenvalue weighted by molar-refractivity contribution is -0.114. The van der Waals surface area contributed by atoms with E-state index in [1.165, 1.54) is 11.8 Å². The van der Waals surface area contributed by atoms with E-state index in [0.29, 0.717) is 17.3 Å². The van der Waals surface area contributed by atoms with Crippen LogP contribution < -0.4 is 10.6 Å². The number of amides is 2. The Labute approximate surface area is 176 Å². The van der Waals surface area contributed by atoms with E-state index < -0.39 is 0 Å². The molecule has 0 unspecified atom stereocenters. The Morgan fingerprint density at radius 2 is 1.77 bits per heavy atom. The van der Waals surface area contributed by atoms with Crippen LogP contribution in [-0.4, -0.2) is 38.0 Å². The van der Waals surface area contributed by atoms with Gasteiger partial charge in [-0.3, -0.25) is 14.2 Å². The van der Waals surface area contributed by atoms with E-state index in [2.05, 4.69) is 20.8 Å². The number of nitrogens with one attached hydrogen (secondary N) is 2. The number of rotatable bonds is 7. The summed E-state index contributed by atoms with van der Waals surface area (Å²) in [6.45, 7) is 1.74. The molecule has 0 fully saturated rings. The van der Waals surface area contributed by atoms with Gasteiger partial charge in [-0.1, -0.05) is 17.3 Å². The number of carbonyl (C=O) groups is 2. The van der Waals surface area contributed by atoms with Crippen molar-refractivity contribution in [1.82, 2.24) is 14.7 Å². The van der Waals surface area contributed by atoms with E-state index in [1.807, 2.05) is 53.1 Å². The molecule has 8 nitrogen and oxygen atoms in total. The van der Waals surface area contributed by atoms with Gasteiger partial charge in [0.25, 0.3) is 0 Å². The van der Waals surface area contributed by atoms with Gasteiger partial charge >= 0.3 is 0 Å². The first-order valence-corrected chi connectivity index (χ1v) is 10.4. The fourth-order valence-electron chi connectivity index (χ4n) is 2.91. The third kappa shape index (κ3) is 4.69. The molecule has 4 rings (SSSR count). The Kier molecular flexibility index (Phi) is 5.80. The number of anilines is 2. The summed E-state index contributed by atoms with van der Waals surface area (Å²) in [5.74, 6) is 0.882. The zero-order valence-electron chi connectivity index (χ0n) is 16.2. The van der Waals surface area contributed by atoms with Gasteiger partial charge in [0, 0.05) is 17.4 Å². The van der Waals surface area contributed by atoms with Gasteiger partial charge in [-0.25, -0.2) is 4.98 Å². The van der Waals surface area contributed by atoms with Gasteiger partial charge in [0.1, 0.15) is 12.1 Å². The number of carbonyl (C=O) groups excluding carboxylic acids is 2. The van der Waals surface area contributed by atoms with Crippen molar-refractivity contribution in [2.24, 2.45) is 0 Å². The minimum atomic E-state index is -0.238. The molecular formula is C21H19N5O3S. The van der Waals surface area contributed by atoms with Crippen molar-refractivity contribution < 1.29 is 14.1 Å². The van der Waals surface area contributed by atoms with Crippen molar-refractivity contribution in [3.63, 3.8) is 0 Å². The molecule has 0 bridgehead atoms. The summed E-state index contributed by atoms with van der Waals surface area (Å²) < 4.78 is 6.88. The van der Waals surface area contributed by atoms with Gasteiger partial charge < -0.3 is 15.2 Å². The molecular weight excluding hydrogens is 402 g/mol. The molecule has 2 aromatic carbocycles. The average molecular weight is 421 g/mol. The minimum Gasteiger partial charge on any atom is -0.360 e. The predicted octanol–water partition coefficient (Wildman–Crippen LogP) is 3.63. The highest BCUT2D eigenvalue weighted by molar-refractivity contribution is 8.00. The molecule has 0 saturated heterocycles. The molecule has 30 heavy (non-hydrogen) atoms. The lowest BCUT2D eigenvalue weighted by Gasteiger charge is -2.08. The Hall–Kier alpha value is -3.59. The maximum Gasteiger partial charge on any atom is 0.235 e. The predicted molar refractivity (Wildman–Crippen MR) is 117 cm³/mol. The van der Waals surface area contributed by atoms with Crippen LogP contribution in [0.5, 0.6) is 0 Å². The number of aryl methyl sites for hydroxylation is 1. The highest BCUT2D eigenvalue weighted by atomic mass is 32.2. The smallest absolute Gasteiger partial charge is 0.235 e. The number of benzene rings is 2. The van der Waals surface area contributed by atoms with E-state index in [-0.39, 0.29) is 23.3 Å². The molecule has 0 aliphatic rings. The highest BCUT2D eigenvalue weighted by Gasteiger charge is 2.09. The lowest BCUT2D eigenvalue weighted by atomic mass is 10.2. The molecule has 2 N–H and O–H groups in total. The minimum absolute atomic E-state index is 0.145. The number of aromatic nitrogens is 3. The summed E-state index contributed by atoms with van der Waals surface area (Å²) in [5, 5.41) is 9.15. The second kappa shape index (κ2) is 8.83. The first-order valence-electron chi connectivity index (χ1n) is 9.22. The van der Waals surface area contributed by atoms with E-state index in [0.717, 1.165) is 16.7 Å². The van der Waals surface area contributed by atoms with Crippen LogP contribution >= 0.6 is 11.8 Å². The Bertz CT molecular complexity index is 1180. The maximum atomic E-state index is 12.1. The Morgan fingerprint density at radius 3 is 2.50 bits per heavy atom. The molecule has 152 valence electrons. The normalized spacial score (nSPS) is 10.8. The first-order chi connectivity index (χ1) is 14.6. The molecule has 2 aromatic heterocycles. The SMILES string of the molecule is Cc1cc(NC(=O)CSCC(=O)Nc2ccc(-n3cnc4ccccc43)cc2)no1. The van der Waals surface area contributed by atoms with Gasteiger partial charge in [0.05, 0.1) is 22.5 Å². The molecule has 9 heteroatoms. The Morgan fingerprint density at radius 1 is 1.03 bits per heavy atom. The summed E-state index contributed by atoms with van der Waals surface area (Å²) in [5.41, 5.74) is 3.59.